The minimum atomic E-state index is -1.45. The number of fused-ring (bicyclic) bond motifs is 2. The number of rotatable bonds is 30. The first-order valence-electron chi connectivity index (χ1n) is 25.0. The summed E-state index contributed by atoms with van der Waals surface area (Å²) in [6.45, 7) is 9.37. The number of carbonyl (C=O) groups is 2. The molecule has 5 rings (SSSR count). The van der Waals surface area contributed by atoms with Gasteiger partial charge in [-0.3, -0.25) is 14.9 Å². The molecule has 14 nitrogen and oxygen atoms in total. The van der Waals surface area contributed by atoms with Crippen LogP contribution >= 0.6 is 0 Å². The molecule has 0 radical (unpaired) electrons. The van der Waals surface area contributed by atoms with E-state index in [1.54, 1.807) is 35.3 Å². The molecule has 3 aliphatic rings. The number of ether oxygens (including phenoxy) is 3. The largest absolute Gasteiger partial charge is 0.459 e. The Labute approximate surface area is 398 Å². The number of amides is 2. The number of nitro groups is 1. The maximum Gasteiger partial charge on any atom is 0.412 e. The van der Waals surface area contributed by atoms with Crippen molar-refractivity contribution < 1.29 is 43.8 Å². The Kier molecular flexibility index (Phi) is 21.9. The summed E-state index contributed by atoms with van der Waals surface area (Å²) in [5.74, 6) is -1.60. The molecule has 1 heterocycles. The summed E-state index contributed by atoms with van der Waals surface area (Å²) in [7, 11) is 1.51. The summed E-state index contributed by atoms with van der Waals surface area (Å²) >= 11 is 0. The standard InChI is InChI=1S/C53H76N4O10/c1-5-8-9-10-11-12-13-14-15-18-31-54-52(61)66-42-28-29-47-45(37-42)50-43(22-17-20-34-59)40(21-16-19-33-58)36-44-46(55-64-4)38-48(53(67-47,51(44)50)65-35-7-3)56(32-6-2)49(60)30-25-39-23-26-41(27-24-39)57(62)63/h7,23-30,36-37,40,43,48,50-51,58-59H,3,5-6,8-22,31-35,38H2,1-2,4H3,(H,54,61). The number of benzene rings is 2. The Morgan fingerprint density at radius 1 is 0.940 bits per heavy atom. The molecule has 6 atom stereocenters. The smallest absolute Gasteiger partial charge is 0.412 e. The lowest BCUT2D eigenvalue weighted by Crippen LogP contribution is -2.70. The second-order valence-corrected chi connectivity index (χ2v) is 18.2. The number of oxime groups is 1. The van der Waals surface area contributed by atoms with Gasteiger partial charge in [0.25, 0.3) is 5.69 Å². The zero-order valence-electron chi connectivity index (χ0n) is 40.2. The van der Waals surface area contributed by atoms with Crippen molar-refractivity contribution in [2.75, 3.05) is 40.0 Å². The molecule has 2 aliphatic carbocycles. The van der Waals surface area contributed by atoms with Crippen LogP contribution in [0.2, 0.25) is 0 Å². The predicted molar refractivity (Wildman–Crippen MR) is 262 cm³/mol. The predicted octanol–water partition coefficient (Wildman–Crippen LogP) is 10.8. The lowest BCUT2D eigenvalue weighted by Gasteiger charge is -2.60. The molecule has 0 saturated heterocycles. The van der Waals surface area contributed by atoms with Crippen LogP contribution in [-0.4, -0.2) is 89.6 Å². The van der Waals surface area contributed by atoms with Gasteiger partial charge in [0.05, 0.1) is 23.2 Å². The molecule has 0 spiro atoms. The highest BCUT2D eigenvalue weighted by Crippen LogP contribution is 2.62. The van der Waals surface area contributed by atoms with Crippen molar-refractivity contribution in [3.63, 3.8) is 0 Å². The second kappa shape index (κ2) is 27.7. The summed E-state index contributed by atoms with van der Waals surface area (Å²) in [5.41, 5.74) is 2.99. The molecule has 1 saturated carbocycles. The van der Waals surface area contributed by atoms with E-state index in [0.717, 1.165) is 56.1 Å². The maximum absolute atomic E-state index is 14.6. The summed E-state index contributed by atoms with van der Waals surface area (Å²) in [5, 5.41) is 38.7. The van der Waals surface area contributed by atoms with E-state index in [-0.39, 0.29) is 55.6 Å². The topological polar surface area (TPSA) is 182 Å². The van der Waals surface area contributed by atoms with Gasteiger partial charge >= 0.3 is 6.09 Å². The fraction of sp³-hybridized carbons (Fsp3) is 0.604. The van der Waals surface area contributed by atoms with Crippen molar-refractivity contribution >= 4 is 29.5 Å². The number of unbranched alkanes of at least 4 members (excludes halogenated alkanes) is 11. The van der Waals surface area contributed by atoms with Crippen LogP contribution < -0.4 is 14.8 Å². The molecule has 0 aromatic heterocycles. The number of aliphatic hydroxyl groups excluding tert-OH is 2. The van der Waals surface area contributed by atoms with Crippen LogP contribution in [0, 0.1) is 27.9 Å². The second-order valence-electron chi connectivity index (χ2n) is 18.2. The highest BCUT2D eigenvalue weighted by atomic mass is 16.7. The van der Waals surface area contributed by atoms with Gasteiger partial charge in [0.15, 0.2) is 0 Å². The lowest BCUT2D eigenvalue weighted by molar-refractivity contribution is -0.384. The number of nitrogens with zero attached hydrogens (tertiary/aromatic N) is 3. The summed E-state index contributed by atoms with van der Waals surface area (Å²) in [6, 6.07) is 10.8. The molecule has 2 amide bonds. The highest BCUT2D eigenvalue weighted by Gasteiger charge is 2.65. The Hall–Kier alpha value is -5.05. The van der Waals surface area contributed by atoms with Gasteiger partial charge in [0, 0.05) is 62.4 Å². The first-order valence-corrected chi connectivity index (χ1v) is 25.0. The van der Waals surface area contributed by atoms with Crippen LogP contribution in [0.1, 0.15) is 146 Å². The molecule has 0 bridgehead atoms. The minimum Gasteiger partial charge on any atom is -0.459 e. The zero-order chi connectivity index (χ0) is 48.0. The summed E-state index contributed by atoms with van der Waals surface area (Å²) < 4.78 is 20.3. The number of aliphatic hydroxyl groups is 2. The van der Waals surface area contributed by atoms with Crippen molar-refractivity contribution in [1.29, 1.82) is 0 Å². The molecule has 368 valence electrons. The van der Waals surface area contributed by atoms with Crippen LogP contribution in [0.5, 0.6) is 11.5 Å². The Morgan fingerprint density at radius 3 is 2.27 bits per heavy atom. The summed E-state index contributed by atoms with van der Waals surface area (Å²) in [6.07, 6.45) is 23.8. The van der Waals surface area contributed by atoms with Gasteiger partial charge in [-0.15, -0.1) is 6.58 Å². The highest BCUT2D eigenvalue weighted by molar-refractivity contribution is 6.03. The normalized spacial score (nSPS) is 22.3. The van der Waals surface area contributed by atoms with Crippen molar-refractivity contribution in [3.8, 4) is 11.5 Å². The lowest BCUT2D eigenvalue weighted by atomic mass is 9.55. The van der Waals surface area contributed by atoms with Crippen LogP contribution in [0.4, 0.5) is 10.5 Å². The molecular weight excluding hydrogens is 853 g/mol. The number of nitrogens with one attached hydrogen (secondary N) is 1. The SMILES string of the molecule is C=CCOC12Oc3ccc(OC(=O)NCCCCCCCCCCCC)cc3C3C(CCCCO)C(CCCCO)C=C(C(=NOC)CC1N(CCC)C(=O)C=Cc1ccc([N+](=O)[O-])cc1)C32. The third-order valence-corrected chi connectivity index (χ3v) is 13.5. The van der Waals surface area contributed by atoms with Gasteiger partial charge in [-0.1, -0.05) is 102 Å². The third-order valence-electron chi connectivity index (χ3n) is 13.5. The van der Waals surface area contributed by atoms with E-state index in [9.17, 15) is 29.9 Å². The number of non-ortho nitro benzene ring substituents is 1. The molecule has 1 aliphatic heterocycles. The fourth-order valence-electron chi connectivity index (χ4n) is 10.4. The summed E-state index contributed by atoms with van der Waals surface area (Å²) in [4.78, 5) is 46.1. The van der Waals surface area contributed by atoms with Crippen LogP contribution in [0.15, 0.2) is 78.0 Å². The molecule has 2 aromatic carbocycles. The molecule has 1 fully saturated rings. The first kappa shape index (κ1) is 52.9. The van der Waals surface area contributed by atoms with E-state index in [4.69, 9.17) is 19.0 Å². The van der Waals surface area contributed by atoms with E-state index >= 15 is 0 Å². The minimum absolute atomic E-state index is 0.00586. The Morgan fingerprint density at radius 2 is 1.63 bits per heavy atom. The molecule has 14 heteroatoms. The molecule has 2 aromatic rings. The van der Waals surface area contributed by atoms with Crippen molar-refractivity contribution in [2.45, 2.75) is 147 Å². The monoisotopic (exact) mass is 929 g/mol. The van der Waals surface area contributed by atoms with E-state index in [1.165, 1.54) is 70.3 Å². The number of carbonyl (C=O) groups excluding carboxylic acids is 2. The van der Waals surface area contributed by atoms with Crippen LogP contribution in [0.3, 0.4) is 0 Å². The van der Waals surface area contributed by atoms with Gasteiger partial charge in [0.2, 0.25) is 11.7 Å². The Balaban J connectivity index is 1.53. The average Bonchev–Trinajstić information content (AvgIpc) is 3.32. The maximum atomic E-state index is 14.6. The van der Waals surface area contributed by atoms with Gasteiger partial charge < -0.3 is 39.5 Å². The van der Waals surface area contributed by atoms with E-state index in [0.29, 0.717) is 55.1 Å². The molecule has 6 unspecified atom stereocenters. The van der Waals surface area contributed by atoms with Crippen LogP contribution in [0.25, 0.3) is 6.08 Å². The molecule has 67 heavy (non-hydrogen) atoms. The molecule has 3 N–H and O–H groups in total. The van der Waals surface area contributed by atoms with Crippen molar-refractivity contribution in [2.24, 2.45) is 22.9 Å². The third kappa shape index (κ3) is 14.2. The van der Waals surface area contributed by atoms with Crippen LogP contribution in [-0.2, 0) is 14.4 Å². The van der Waals surface area contributed by atoms with Gasteiger partial charge in [-0.25, -0.2) is 4.79 Å². The average molecular weight is 929 g/mol. The Bertz CT molecular complexity index is 1990. The van der Waals surface area contributed by atoms with Gasteiger partial charge in [-0.05, 0) is 97.9 Å². The number of nitro benzene ring substituents is 1. The van der Waals surface area contributed by atoms with E-state index in [1.807, 2.05) is 19.1 Å². The van der Waals surface area contributed by atoms with Crippen molar-refractivity contribution in [3.05, 3.63) is 94.1 Å². The molecular formula is C53H76N4O10. The zero-order valence-corrected chi connectivity index (χ0v) is 40.2. The number of allylic oxidation sites excluding steroid dienone is 1. The van der Waals surface area contributed by atoms with E-state index in [2.05, 4.69) is 30.1 Å². The van der Waals surface area contributed by atoms with Gasteiger partial charge in [-0.2, -0.15) is 0 Å². The van der Waals surface area contributed by atoms with E-state index < -0.39 is 28.8 Å². The quantitative estimate of drug-likeness (QED) is 0.0224. The van der Waals surface area contributed by atoms with Gasteiger partial charge in [0.1, 0.15) is 24.7 Å². The number of hydrogen-bond donors (Lipinski definition) is 3. The first-order chi connectivity index (χ1) is 32.7. The number of hydrogen-bond acceptors (Lipinski definition) is 11. The van der Waals surface area contributed by atoms with Crippen molar-refractivity contribution in [1.82, 2.24) is 10.2 Å². The fourth-order valence-corrected chi connectivity index (χ4v) is 10.4.